The van der Waals surface area contributed by atoms with Crippen LogP contribution >= 0.6 is 69.6 Å². The van der Waals surface area contributed by atoms with Gasteiger partial charge in [-0.05, 0) is 36.4 Å². The molecule has 3 rings (SSSR count). The van der Waals surface area contributed by atoms with Gasteiger partial charge in [0.1, 0.15) is 0 Å². The van der Waals surface area contributed by atoms with Crippen molar-refractivity contribution >= 4 is 81.4 Å². The van der Waals surface area contributed by atoms with E-state index in [2.05, 4.69) is 0 Å². The van der Waals surface area contributed by atoms with Crippen LogP contribution in [0.3, 0.4) is 0 Å². The van der Waals surface area contributed by atoms with Gasteiger partial charge in [-0.1, -0.05) is 69.6 Å². The summed E-state index contributed by atoms with van der Waals surface area (Å²) in [7, 11) is 0. The lowest BCUT2D eigenvalue weighted by Crippen LogP contribution is -2.18. The van der Waals surface area contributed by atoms with Gasteiger partial charge in [-0.3, -0.25) is 9.59 Å². The number of nitrogens with two attached hydrogens (primary N) is 2. The smallest absolute Gasteiger partial charge is 0.249 e. The number of carbonyl (C=O) groups is 2. The molecular weight excluding hydrogens is 513 g/mol. The first-order valence-corrected chi connectivity index (χ1v) is 10.4. The molecule has 0 aliphatic carbocycles. The van der Waals surface area contributed by atoms with Crippen molar-refractivity contribution in [2.75, 3.05) is 0 Å². The summed E-state index contributed by atoms with van der Waals surface area (Å²) < 4.78 is 0. The molecule has 0 aliphatic rings. The average molecular weight is 523 g/mol. The Morgan fingerprint density at radius 2 is 0.800 bits per heavy atom. The molecule has 4 N–H and O–H groups in total. The van der Waals surface area contributed by atoms with Crippen molar-refractivity contribution in [3.8, 4) is 22.3 Å². The van der Waals surface area contributed by atoms with E-state index in [0.29, 0.717) is 0 Å². The van der Waals surface area contributed by atoms with E-state index >= 15 is 0 Å². The molecule has 0 radical (unpaired) electrons. The first kappa shape index (κ1) is 23.0. The summed E-state index contributed by atoms with van der Waals surface area (Å²) in [4.78, 5) is 24.6. The number of hydrogen-bond donors (Lipinski definition) is 2. The second kappa shape index (κ2) is 8.83. The van der Waals surface area contributed by atoms with Gasteiger partial charge in [0.2, 0.25) is 11.8 Å². The molecule has 3 aromatic carbocycles. The number of hydrogen-bond acceptors (Lipinski definition) is 2. The highest BCUT2D eigenvalue weighted by Crippen LogP contribution is 2.48. The van der Waals surface area contributed by atoms with Gasteiger partial charge in [0.05, 0.1) is 20.1 Å². The molecular formula is C20H10Cl6N2O2. The quantitative estimate of drug-likeness (QED) is 0.381. The molecule has 2 amide bonds. The fourth-order valence-electron chi connectivity index (χ4n) is 3.09. The van der Waals surface area contributed by atoms with Gasteiger partial charge in [0, 0.05) is 43.4 Å². The van der Waals surface area contributed by atoms with Crippen LogP contribution in [0.4, 0.5) is 0 Å². The lowest BCUT2D eigenvalue weighted by atomic mass is 9.86. The van der Waals surface area contributed by atoms with Crippen molar-refractivity contribution in [2.45, 2.75) is 0 Å². The standard InChI is InChI=1S/C20H10Cl6N2O2/c21-7-3-11(23)17(12(24)4-7)15-9(19(27)29)1-2-10(20(28)30)16(15)18-13(25)5-8(22)6-14(18)26/h1-6H,(H2,27,29)(H2,28,30). The number of carbonyl (C=O) groups excluding carboxylic acids is 2. The summed E-state index contributed by atoms with van der Waals surface area (Å²) >= 11 is 37.7. The highest BCUT2D eigenvalue weighted by Gasteiger charge is 2.27. The zero-order valence-corrected chi connectivity index (χ0v) is 19.2. The molecule has 0 aliphatic heterocycles. The third-order valence-corrected chi connectivity index (χ3v) is 5.88. The van der Waals surface area contributed by atoms with E-state index in [1.807, 2.05) is 0 Å². The highest BCUT2D eigenvalue weighted by atomic mass is 35.5. The third kappa shape index (κ3) is 4.22. The minimum absolute atomic E-state index is 0.0169. The molecule has 10 heteroatoms. The van der Waals surface area contributed by atoms with Crippen LogP contribution in [0.25, 0.3) is 22.3 Å². The summed E-state index contributed by atoms with van der Waals surface area (Å²) in [6.45, 7) is 0. The van der Waals surface area contributed by atoms with Crippen LogP contribution in [0.5, 0.6) is 0 Å². The average Bonchev–Trinajstić information content (AvgIpc) is 2.60. The molecule has 0 atom stereocenters. The minimum atomic E-state index is -0.800. The maximum atomic E-state index is 12.3. The maximum Gasteiger partial charge on any atom is 0.249 e. The molecule has 154 valence electrons. The predicted molar refractivity (Wildman–Crippen MR) is 124 cm³/mol. The second-order valence-electron chi connectivity index (χ2n) is 6.13. The van der Waals surface area contributed by atoms with E-state index in [1.165, 1.54) is 36.4 Å². The molecule has 0 spiro atoms. The monoisotopic (exact) mass is 520 g/mol. The fourth-order valence-corrected chi connectivity index (χ4v) is 5.11. The summed E-state index contributed by atoms with van der Waals surface area (Å²) in [6.07, 6.45) is 0. The SMILES string of the molecule is NC(=O)c1ccc(C(N)=O)c(-c2c(Cl)cc(Cl)cc2Cl)c1-c1c(Cl)cc(Cl)cc1Cl. The highest BCUT2D eigenvalue weighted by molar-refractivity contribution is 6.44. The summed E-state index contributed by atoms with van der Waals surface area (Å²) in [5.74, 6) is -1.60. The van der Waals surface area contributed by atoms with Crippen molar-refractivity contribution in [1.82, 2.24) is 0 Å². The normalized spacial score (nSPS) is 10.9. The molecule has 4 nitrogen and oxygen atoms in total. The van der Waals surface area contributed by atoms with Crippen LogP contribution in [0, 0.1) is 0 Å². The van der Waals surface area contributed by atoms with Crippen molar-refractivity contribution in [3.63, 3.8) is 0 Å². The Labute approximate surface area is 201 Å². The third-order valence-electron chi connectivity index (χ3n) is 4.25. The molecule has 0 fully saturated rings. The van der Waals surface area contributed by atoms with Crippen molar-refractivity contribution < 1.29 is 9.59 Å². The maximum absolute atomic E-state index is 12.3. The van der Waals surface area contributed by atoms with Gasteiger partial charge in [0.15, 0.2) is 0 Å². The zero-order valence-electron chi connectivity index (χ0n) is 14.7. The van der Waals surface area contributed by atoms with Gasteiger partial charge in [-0.25, -0.2) is 0 Å². The van der Waals surface area contributed by atoms with Crippen LogP contribution in [-0.4, -0.2) is 11.8 Å². The van der Waals surface area contributed by atoms with Crippen LogP contribution < -0.4 is 11.5 Å². The molecule has 30 heavy (non-hydrogen) atoms. The number of primary amides is 2. The Balaban J connectivity index is 2.62. The van der Waals surface area contributed by atoms with E-state index in [-0.39, 0.29) is 63.5 Å². The molecule has 0 saturated carbocycles. The Hall–Kier alpha value is -1.66. The topological polar surface area (TPSA) is 86.2 Å². The van der Waals surface area contributed by atoms with E-state index in [9.17, 15) is 9.59 Å². The van der Waals surface area contributed by atoms with Crippen molar-refractivity contribution in [3.05, 3.63) is 77.7 Å². The molecule has 0 heterocycles. The van der Waals surface area contributed by atoms with Crippen molar-refractivity contribution in [1.29, 1.82) is 0 Å². The number of amides is 2. The van der Waals surface area contributed by atoms with Gasteiger partial charge in [-0.2, -0.15) is 0 Å². The number of benzene rings is 3. The minimum Gasteiger partial charge on any atom is -0.366 e. The Morgan fingerprint density at radius 3 is 1.03 bits per heavy atom. The molecule has 3 aromatic rings. The zero-order chi connectivity index (χ0) is 22.3. The first-order chi connectivity index (χ1) is 14.0. The molecule has 0 bridgehead atoms. The molecule has 0 unspecified atom stereocenters. The summed E-state index contributed by atoms with van der Waals surface area (Å²) in [5, 5.41) is 0.977. The van der Waals surface area contributed by atoms with Gasteiger partial charge in [-0.15, -0.1) is 0 Å². The van der Waals surface area contributed by atoms with E-state index < -0.39 is 11.8 Å². The Bertz CT molecular complexity index is 1090. The lowest BCUT2D eigenvalue weighted by Gasteiger charge is -2.21. The van der Waals surface area contributed by atoms with Crippen LogP contribution in [0.1, 0.15) is 20.7 Å². The first-order valence-electron chi connectivity index (χ1n) is 8.09. The predicted octanol–water partition coefficient (Wildman–Crippen LogP) is 7.14. The second-order valence-corrected chi connectivity index (χ2v) is 8.63. The van der Waals surface area contributed by atoms with Crippen LogP contribution in [-0.2, 0) is 0 Å². The van der Waals surface area contributed by atoms with Gasteiger partial charge in [0.25, 0.3) is 0 Å². The summed E-state index contributed by atoms with van der Waals surface area (Å²) in [6, 6.07) is 8.42. The Kier molecular flexibility index (Phi) is 6.78. The number of rotatable bonds is 4. The molecule has 0 aromatic heterocycles. The fraction of sp³-hybridized carbons (Fsp3) is 0. The van der Waals surface area contributed by atoms with E-state index in [1.54, 1.807) is 0 Å². The summed E-state index contributed by atoms with van der Waals surface area (Å²) in [5.41, 5.74) is 11.9. The van der Waals surface area contributed by atoms with Crippen LogP contribution in [0.15, 0.2) is 36.4 Å². The van der Waals surface area contributed by atoms with Gasteiger partial charge >= 0.3 is 0 Å². The van der Waals surface area contributed by atoms with E-state index in [4.69, 9.17) is 81.1 Å². The largest absolute Gasteiger partial charge is 0.366 e. The van der Waals surface area contributed by atoms with Crippen LogP contribution in [0.2, 0.25) is 30.1 Å². The Morgan fingerprint density at radius 1 is 0.533 bits per heavy atom. The van der Waals surface area contributed by atoms with Crippen molar-refractivity contribution in [2.24, 2.45) is 11.5 Å². The van der Waals surface area contributed by atoms with Gasteiger partial charge < -0.3 is 11.5 Å². The number of halogens is 6. The lowest BCUT2D eigenvalue weighted by molar-refractivity contribution is 0.0989. The van der Waals surface area contributed by atoms with E-state index in [0.717, 1.165) is 0 Å². The molecule has 0 saturated heterocycles.